The number of nitrogens with zero attached hydrogens (tertiary/aromatic N) is 1. The molecule has 7 heteroatoms. The van der Waals surface area contributed by atoms with Crippen molar-refractivity contribution in [3.63, 3.8) is 0 Å². The number of aromatic amines is 1. The lowest BCUT2D eigenvalue weighted by atomic mass is 10.1. The molecule has 2 aromatic heterocycles. The minimum Gasteiger partial charge on any atom is -0.397 e. The zero-order valence-corrected chi connectivity index (χ0v) is 15.9. The van der Waals surface area contributed by atoms with E-state index >= 15 is 0 Å². The van der Waals surface area contributed by atoms with Crippen LogP contribution in [0, 0.1) is 6.92 Å². The van der Waals surface area contributed by atoms with Crippen LogP contribution < -0.4 is 16.6 Å². The summed E-state index contributed by atoms with van der Waals surface area (Å²) in [6.45, 7) is 1.81. The fraction of sp³-hybridized carbons (Fsp3) is 0.0476. The van der Waals surface area contributed by atoms with Crippen LogP contribution in [0.5, 0.6) is 0 Å². The van der Waals surface area contributed by atoms with Crippen molar-refractivity contribution >= 4 is 28.6 Å². The third-order valence-corrected chi connectivity index (χ3v) is 5.26. The summed E-state index contributed by atoms with van der Waals surface area (Å²) in [6.07, 6.45) is 0. The Morgan fingerprint density at radius 2 is 1.89 bits per heavy atom. The number of H-pyrrole nitrogens is 1. The quantitative estimate of drug-likeness (QED) is 0.459. The van der Waals surface area contributed by atoms with Crippen LogP contribution in [0.2, 0.25) is 0 Å². The molecule has 0 saturated carbocycles. The molecule has 0 bridgehead atoms. The molecule has 140 valence electrons. The fourth-order valence-corrected chi connectivity index (χ4v) is 3.65. The van der Waals surface area contributed by atoms with Gasteiger partial charge in [0.25, 0.3) is 11.5 Å². The molecule has 0 atom stereocenters. The number of amides is 1. The van der Waals surface area contributed by atoms with E-state index in [1.807, 2.05) is 36.6 Å². The number of carbonyl (C=O) groups excluding carboxylic acids is 1. The predicted molar refractivity (Wildman–Crippen MR) is 113 cm³/mol. The van der Waals surface area contributed by atoms with E-state index < -0.39 is 0 Å². The normalized spacial score (nSPS) is 10.8. The van der Waals surface area contributed by atoms with Crippen LogP contribution >= 0.6 is 11.3 Å². The van der Waals surface area contributed by atoms with E-state index in [4.69, 9.17) is 5.73 Å². The van der Waals surface area contributed by atoms with Gasteiger partial charge in [-0.3, -0.25) is 14.7 Å². The van der Waals surface area contributed by atoms with E-state index in [1.54, 1.807) is 41.7 Å². The van der Waals surface area contributed by atoms with Gasteiger partial charge < -0.3 is 11.1 Å². The minimum absolute atomic E-state index is 0.145. The molecule has 0 aliphatic carbocycles. The monoisotopic (exact) mass is 390 g/mol. The molecule has 6 nitrogen and oxygen atoms in total. The van der Waals surface area contributed by atoms with Gasteiger partial charge in [0, 0.05) is 22.2 Å². The van der Waals surface area contributed by atoms with Gasteiger partial charge in [0.2, 0.25) is 0 Å². The van der Waals surface area contributed by atoms with Gasteiger partial charge in [-0.05, 0) is 60.3 Å². The van der Waals surface area contributed by atoms with Crippen molar-refractivity contribution in [2.45, 2.75) is 6.92 Å². The molecule has 2 aromatic carbocycles. The van der Waals surface area contributed by atoms with Crippen molar-refractivity contribution in [2.75, 3.05) is 11.1 Å². The number of hydrogen-bond acceptors (Lipinski definition) is 4. The summed E-state index contributed by atoms with van der Waals surface area (Å²) < 4.78 is 1.43. The number of benzene rings is 2. The Kier molecular flexibility index (Phi) is 4.58. The Hall–Kier alpha value is -3.58. The highest BCUT2D eigenvalue weighted by atomic mass is 32.1. The van der Waals surface area contributed by atoms with Crippen molar-refractivity contribution in [2.24, 2.45) is 0 Å². The Morgan fingerprint density at radius 1 is 1.11 bits per heavy atom. The second-order valence-corrected chi connectivity index (χ2v) is 7.34. The number of nitrogen functional groups attached to an aromatic ring is 1. The number of aromatic nitrogens is 2. The molecule has 2 heterocycles. The molecule has 0 spiro atoms. The van der Waals surface area contributed by atoms with Crippen LogP contribution in [0.1, 0.15) is 16.1 Å². The summed E-state index contributed by atoms with van der Waals surface area (Å²) in [5.74, 6) is -0.267. The van der Waals surface area contributed by atoms with Gasteiger partial charge in [-0.15, -0.1) is 11.3 Å². The molecule has 4 N–H and O–H groups in total. The van der Waals surface area contributed by atoms with Crippen molar-refractivity contribution in [3.8, 4) is 16.1 Å². The number of thiophene rings is 1. The smallest absolute Gasteiger partial charge is 0.271 e. The van der Waals surface area contributed by atoms with E-state index in [0.717, 1.165) is 16.1 Å². The van der Waals surface area contributed by atoms with Crippen LogP contribution in [-0.4, -0.2) is 15.7 Å². The second-order valence-electron chi connectivity index (χ2n) is 6.39. The first kappa shape index (κ1) is 17.8. The molecule has 4 aromatic rings. The lowest BCUT2D eigenvalue weighted by Crippen LogP contribution is -2.15. The highest BCUT2D eigenvalue weighted by Gasteiger charge is 2.11. The standard InChI is InChI=1S/C21H18N4O2S/c1-13-11-20(26)25(24-13)16-7-4-14(5-8-16)21(27)23-18-12-15(6-9-17(18)22)19-3-2-10-28-19/h2-12,24H,22H2,1H3,(H,23,27). The van der Waals surface area contributed by atoms with Crippen molar-refractivity contribution in [3.05, 3.63) is 87.7 Å². The number of rotatable bonds is 4. The zero-order valence-electron chi connectivity index (χ0n) is 15.1. The van der Waals surface area contributed by atoms with Crippen LogP contribution in [0.4, 0.5) is 11.4 Å². The summed E-state index contributed by atoms with van der Waals surface area (Å²) in [4.78, 5) is 25.7. The third kappa shape index (κ3) is 3.47. The number of nitrogens with two attached hydrogens (primary N) is 1. The average molecular weight is 390 g/mol. The van der Waals surface area contributed by atoms with Crippen LogP contribution in [-0.2, 0) is 0 Å². The van der Waals surface area contributed by atoms with Crippen LogP contribution in [0.15, 0.2) is 70.8 Å². The summed E-state index contributed by atoms with van der Waals surface area (Å²) in [5, 5.41) is 7.83. The first-order valence-electron chi connectivity index (χ1n) is 8.65. The summed E-state index contributed by atoms with van der Waals surface area (Å²) in [6, 6.07) is 17.9. The van der Waals surface area contributed by atoms with E-state index in [0.29, 0.717) is 22.6 Å². The molecule has 0 aliphatic rings. The number of hydrogen-bond donors (Lipinski definition) is 3. The summed E-state index contributed by atoms with van der Waals surface area (Å²) >= 11 is 1.62. The van der Waals surface area contributed by atoms with Gasteiger partial charge in [-0.25, -0.2) is 4.68 Å². The van der Waals surface area contributed by atoms with E-state index in [9.17, 15) is 9.59 Å². The molecule has 4 rings (SSSR count). The maximum Gasteiger partial charge on any atom is 0.271 e. The highest BCUT2D eigenvalue weighted by Crippen LogP contribution is 2.30. The van der Waals surface area contributed by atoms with Crippen molar-refractivity contribution in [1.29, 1.82) is 0 Å². The molecule has 1 amide bonds. The maximum atomic E-state index is 12.6. The molecule has 0 aliphatic heterocycles. The molecular formula is C21H18N4O2S. The Balaban J connectivity index is 1.56. The van der Waals surface area contributed by atoms with E-state index in [1.165, 1.54) is 10.7 Å². The fourth-order valence-electron chi connectivity index (χ4n) is 2.92. The Morgan fingerprint density at radius 3 is 2.54 bits per heavy atom. The van der Waals surface area contributed by atoms with Gasteiger partial charge in [0.05, 0.1) is 17.1 Å². The van der Waals surface area contributed by atoms with Crippen molar-refractivity contribution < 1.29 is 4.79 Å². The van der Waals surface area contributed by atoms with E-state index in [-0.39, 0.29) is 11.5 Å². The number of aryl methyl sites for hydroxylation is 1. The van der Waals surface area contributed by atoms with Gasteiger partial charge in [-0.2, -0.15) is 0 Å². The molecule has 0 radical (unpaired) electrons. The summed E-state index contributed by atoms with van der Waals surface area (Å²) in [7, 11) is 0. The first-order chi connectivity index (χ1) is 13.5. The highest BCUT2D eigenvalue weighted by molar-refractivity contribution is 7.13. The first-order valence-corrected chi connectivity index (χ1v) is 9.53. The molecular weight excluding hydrogens is 372 g/mol. The molecule has 0 fully saturated rings. The number of anilines is 2. The largest absolute Gasteiger partial charge is 0.397 e. The molecule has 28 heavy (non-hydrogen) atoms. The van der Waals surface area contributed by atoms with Crippen LogP contribution in [0.3, 0.4) is 0 Å². The molecule has 0 saturated heterocycles. The number of nitrogens with one attached hydrogen (secondary N) is 2. The van der Waals surface area contributed by atoms with Gasteiger partial charge in [0.1, 0.15) is 0 Å². The van der Waals surface area contributed by atoms with Gasteiger partial charge >= 0.3 is 0 Å². The maximum absolute atomic E-state index is 12.6. The zero-order chi connectivity index (χ0) is 19.7. The average Bonchev–Trinajstić information content (AvgIpc) is 3.33. The van der Waals surface area contributed by atoms with Crippen LogP contribution in [0.25, 0.3) is 16.1 Å². The Labute approximate surface area is 165 Å². The van der Waals surface area contributed by atoms with Crippen molar-refractivity contribution in [1.82, 2.24) is 9.78 Å². The van der Waals surface area contributed by atoms with E-state index in [2.05, 4.69) is 10.4 Å². The number of carbonyl (C=O) groups is 1. The third-order valence-electron chi connectivity index (χ3n) is 4.34. The topological polar surface area (TPSA) is 92.9 Å². The lowest BCUT2D eigenvalue weighted by molar-refractivity contribution is 0.102. The Bertz CT molecular complexity index is 1190. The van der Waals surface area contributed by atoms with Gasteiger partial charge in [-0.1, -0.05) is 12.1 Å². The SMILES string of the molecule is Cc1cc(=O)n(-c2ccc(C(=O)Nc3cc(-c4cccs4)ccc3N)cc2)[nH]1. The summed E-state index contributed by atoms with van der Waals surface area (Å²) in [5.41, 5.74) is 9.86. The van der Waals surface area contributed by atoms with Gasteiger partial charge in [0.15, 0.2) is 0 Å². The minimum atomic E-state index is -0.267. The second kappa shape index (κ2) is 7.21. The predicted octanol–water partition coefficient (Wildman–Crippen LogP) is 4.04. The molecule has 0 unspecified atom stereocenters. The lowest BCUT2D eigenvalue weighted by Gasteiger charge is -2.10.